The highest BCUT2D eigenvalue weighted by molar-refractivity contribution is 6.30. The minimum atomic E-state index is -0.574. The number of nitrogens with zero attached hydrogens (tertiary/aromatic N) is 1. The van der Waals surface area contributed by atoms with Gasteiger partial charge >= 0.3 is 0 Å². The number of carbonyl (C=O) groups excluding carboxylic acids is 2. The number of aryl methyl sites for hydroxylation is 1. The van der Waals surface area contributed by atoms with Crippen LogP contribution < -0.4 is 10.1 Å². The third-order valence-corrected chi connectivity index (χ3v) is 6.67. The molecule has 5 rings (SSSR count). The third kappa shape index (κ3) is 4.33. The summed E-state index contributed by atoms with van der Waals surface area (Å²) in [6, 6.07) is 20.7. The van der Waals surface area contributed by atoms with Gasteiger partial charge in [-0.1, -0.05) is 35.9 Å². The number of hydrogen-bond acceptors (Lipinski definition) is 3. The normalized spacial score (nSPS) is 19.7. The van der Waals surface area contributed by atoms with E-state index in [1.165, 1.54) is 11.1 Å². The Hall–Kier alpha value is -3.31. The number of ether oxygens (including phenoxy) is 1. The number of carbonyl (C=O) groups is 2. The first kappa shape index (κ1) is 21.5. The molecule has 0 saturated carbocycles. The van der Waals surface area contributed by atoms with Crippen molar-refractivity contribution in [2.24, 2.45) is 0 Å². The summed E-state index contributed by atoms with van der Waals surface area (Å²) < 4.78 is 6.02. The summed E-state index contributed by atoms with van der Waals surface area (Å²) in [6.45, 7) is 2.23. The van der Waals surface area contributed by atoms with Crippen molar-refractivity contribution in [1.82, 2.24) is 4.90 Å². The Kier molecular flexibility index (Phi) is 5.81. The van der Waals surface area contributed by atoms with Crippen LogP contribution in [0.25, 0.3) is 0 Å². The van der Waals surface area contributed by atoms with Gasteiger partial charge in [0.1, 0.15) is 5.75 Å². The Bertz CT molecular complexity index is 1210. The van der Waals surface area contributed by atoms with Crippen LogP contribution in [0.2, 0.25) is 5.02 Å². The highest BCUT2D eigenvalue weighted by Gasteiger charge is 2.35. The summed E-state index contributed by atoms with van der Waals surface area (Å²) in [7, 11) is 0. The predicted molar refractivity (Wildman–Crippen MR) is 129 cm³/mol. The van der Waals surface area contributed by atoms with Crippen molar-refractivity contribution in [3.63, 3.8) is 0 Å². The van der Waals surface area contributed by atoms with Crippen molar-refractivity contribution < 1.29 is 14.3 Å². The van der Waals surface area contributed by atoms with Crippen molar-refractivity contribution in [2.75, 3.05) is 5.32 Å². The van der Waals surface area contributed by atoms with Gasteiger partial charge in [0.25, 0.3) is 11.8 Å². The van der Waals surface area contributed by atoms with Gasteiger partial charge in [-0.2, -0.15) is 0 Å². The second kappa shape index (κ2) is 8.91. The zero-order valence-electron chi connectivity index (χ0n) is 18.4. The largest absolute Gasteiger partial charge is 0.481 e. The molecule has 3 aromatic rings. The standard InChI is InChI=1S/C27H25ClN2O3/c1-17-27(32)30(24-8-4-6-18-5-2-3-7-23(18)24)16-20-15-22(13-14-25(20)33-17)29-26(31)19-9-11-21(28)12-10-19/h2-3,5,7,9-15,17,24H,4,6,8,16H2,1H3,(H,29,31)/t17-,24+/m0/s1. The molecule has 0 bridgehead atoms. The average molecular weight is 461 g/mol. The first-order valence-corrected chi connectivity index (χ1v) is 11.6. The van der Waals surface area contributed by atoms with Crippen LogP contribution in [0.4, 0.5) is 5.69 Å². The summed E-state index contributed by atoms with van der Waals surface area (Å²) in [5.74, 6) is 0.440. The van der Waals surface area contributed by atoms with Gasteiger partial charge in [0.2, 0.25) is 0 Å². The Labute approximate surface area is 198 Å². The number of halogens is 1. The van der Waals surface area contributed by atoms with Crippen LogP contribution in [0.15, 0.2) is 66.7 Å². The Morgan fingerprint density at radius 1 is 1.06 bits per heavy atom. The van der Waals surface area contributed by atoms with Gasteiger partial charge < -0.3 is 15.0 Å². The smallest absolute Gasteiger partial charge is 0.264 e. The number of amides is 2. The summed E-state index contributed by atoms with van der Waals surface area (Å²) in [4.78, 5) is 27.9. The van der Waals surface area contributed by atoms with E-state index in [0.29, 0.717) is 28.6 Å². The van der Waals surface area contributed by atoms with E-state index in [-0.39, 0.29) is 17.9 Å². The predicted octanol–water partition coefficient (Wildman–Crippen LogP) is 5.78. The van der Waals surface area contributed by atoms with E-state index >= 15 is 0 Å². The van der Waals surface area contributed by atoms with Gasteiger partial charge in [-0.05, 0) is 79.8 Å². The third-order valence-electron chi connectivity index (χ3n) is 6.41. The molecular formula is C27H25ClN2O3. The zero-order chi connectivity index (χ0) is 22.9. The molecule has 1 aliphatic heterocycles. The zero-order valence-corrected chi connectivity index (χ0v) is 19.1. The molecule has 1 aliphatic carbocycles. The maximum Gasteiger partial charge on any atom is 0.264 e. The van der Waals surface area contributed by atoms with E-state index in [1.807, 2.05) is 23.1 Å². The van der Waals surface area contributed by atoms with E-state index in [4.69, 9.17) is 16.3 Å². The molecule has 1 heterocycles. The summed E-state index contributed by atoms with van der Waals surface area (Å²) in [5.41, 5.74) is 4.59. The average Bonchev–Trinajstić information content (AvgIpc) is 2.95. The maximum atomic E-state index is 13.3. The molecule has 2 aliphatic rings. The molecule has 6 heteroatoms. The van der Waals surface area contributed by atoms with Crippen LogP contribution in [0.5, 0.6) is 5.75 Å². The van der Waals surface area contributed by atoms with Gasteiger partial charge in [0.15, 0.2) is 6.10 Å². The van der Waals surface area contributed by atoms with E-state index in [1.54, 1.807) is 37.3 Å². The molecule has 0 unspecified atom stereocenters. The molecule has 0 aromatic heterocycles. The van der Waals surface area contributed by atoms with Crippen LogP contribution in [-0.2, 0) is 17.8 Å². The second-order valence-corrected chi connectivity index (χ2v) is 9.05. The molecule has 168 valence electrons. The van der Waals surface area contributed by atoms with Crippen LogP contribution in [-0.4, -0.2) is 22.8 Å². The van der Waals surface area contributed by atoms with Crippen LogP contribution in [0, 0.1) is 0 Å². The van der Waals surface area contributed by atoms with Gasteiger partial charge in [-0.15, -0.1) is 0 Å². The number of rotatable bonds is 3. The number of anilines is 1. The van der Waals surface area contributed by atoms with Crippen molar-refractivity contribution in [3.05, 3.63) is 94.0 Å². The fourth-order valence-electron chi connectivity index (χ4n) is 4.75. The number of hydrogen-bond donors (Lipinski definition) is 1. The highest BCUT2D eigenvalue weighted by Crippen LogP contribution is 2.38. The van der Waals surface area contributed by atoms with Gasteiger partial charge in [0.05, 0.1) is 12.6 Å². The van der Waals surface area contributed by atoms with E-state index < -0.39 is 6.10 Å². The van der Waals surface area contributed by atoms with E-state index in [9.17, 15) is 9.59 Å². The molecule has 0 radical (unpaired) electrons. The fourth-order valence-corrected chi connectivity index (χ4v) is 4.88. The molecular weight excluding hydrogens is 436 g/mol. The highest BCUT2D eigenvalue weighted by atomic mass is 35.5. The van der Waals surface area contributed by atoms with Gasteiger partial charge in [0, 0.05) is 21.8 Å². The second-order valence-electron chi connectivity index (χ2n) is 8.62. The summed E-state index contributed by atoms with van der Waals surface area (Å²) in [6.07, 6.45) is 2.44. The minimum Gasteiger partial charge on any atom is -0.481 e. The minimum absolute atomic E-state index is 0.0142. The molecule has 3 aromatic carbocycles. The van der Waals surface area contributed by atoms with Crippen LogP contribution >= 0.6 is 11.6 Å². The molecule has 2 amide bonds. The van der Waals surface area contributed by atoms with Crippen molar-refractivity contribution in [2.45, 2.75) is 44.9 Å². The Morgan fingerprint density at radius 2 is 1.85 bits per heavy atom. The maximum absolute atomic E-state index is 13.3. The van der Waals surface area contributed by atoms with Crippen molar-refractivity contribution in [1.29, 1.82) is 0 Å². The quantitative estimate of drug-likeness (QED) is 0.539. The lowest BCUT2D eigenvalue weighted by molar-refractivity contribution is -0.140. The van der Waals surface area contributed by atoms with Crippen molar-refractivity contribution >= 4 is 29.1 Å². The first-order chi connectivity index (χ1) is 16.0. The molecule has 5 nitrogen and oxygen atoms in total. The van der Waals surface area contributed by atoms with Crippen molar-refractivity contribution in [3.8, 4) is 5.75 Å². The molecule has 2 atom stereocenters. The molecule has 1 N–H and O–H groups in total. The molecule has 0 spiro atoms. The molecule has 33 heavy (non-hydrogen) atoms. The fraction of sp³-hybridized carbons (Fsp3) is 0.259. The van der Waals surface area contributed by atoms with Gasteiger partial charge in [-0.3, -0.25) is 9.59 Å². The van der Waals surface area contributed by atoms with Crippen LogP contribution in [0.1, 0.15) is 52.9 Å². The number of nitrogens with one attached hydrogen (secondary N) is 1. The lowest BCUT2D eigenvalue weighted by atomic mass is 9.86. The molecule has 0 saturated heterocycles. The van der Waals surface area contributed by atoms with E-state index in [2.05, 4.69) is 23.5 Å². The Balaban J connectivity index is 1.44. The monoisotopic (exact) mass is 460 g/mol. The van der Waals surface area contributed by atoms with Crippen LogP contribution in [0.3, 0.4) is 0 Å². The summed E-state index contributed by atoms with van der Waals surface area (Å²) in [5, 5.41) is 3.52. The first-order valence-electron chi connectivity index (χ1n) is 11.2. The lowest BCUT2D eigenvalue weighted by Gasteiger charge is -2.35. The number of benzene rings is 3. The topological polar surface area (TPSA) is 58.6 Å². The number of fused-ring (bicyclic) bond motifs is 2. The Morgan fingerprint density at radius 3 is 2.67 bits per heavy atom. The molecule has 0 fully saturated rings. The SMILES string of the molecule is C[C@@H]1Oc2ccc(NC(=O)c3ccc(Cl)cc3)cc2CN([C@@H]2CCCc3ccccc32)C1=O. The van der Waals surface area contributed by atoms with Gasteiger partial charge in [-0.25, -0.2) is 0 Å². The summed E-state index contributed by atoms with van der Waals surface area (Å²) >= 11 is 5.93. The van der Waals surface area contributed by atoms with E-state index in [0.717, 1.165) is 24.8 Å². The lowest BCUT2D eigenvalue weighted by Crippen LogP contribution is -2.41.